The first-order chi connectivity index (χ1) is 15.4. The molecule has 4 rings (SSSR count). The number of nitrogens with zero attached hydrogens (tertiary/aromatic N) is 4. The van der Waals surface area contributed by atoms with Crippen LogP contribution in [-0.2, 0) is 11.0 Å². The number of hydrogen-bond donors (Lipinski definition) is 1. The molecule has 2 heterocycles. The van der Waals surface area contributed by atoms with Crippen LogP contribution in [0.4, 0.5) is 33.7 Å². The molecule has 1 aromatic carbocycles. The van der Waals surface area contributed by atoms with Crippen LogP contribution >= 0.6 is 0 Å². The molecule has 0 bridgehead atoms. The number of primary amides is 1. The van der Waals surface area contributed by atoms with E-state index in [-0.39, 0.29) is 24.1 Å². The molecule has 2 fully saturated rings. The lowest BCUT2D eigenvalue weighted by Crippen LogP contribution is -2.55. The van der Waals surface area contributed by atoms with Gasteiger partial charge in [-0.25, -0.2) is 19.1 Å². The van der Waals surface area contributed by atoms with E-state index in [1.165, 1.54) is 19.1 Å². The molecule has 4 amide bonds. The zero-order valence-corrected chi connectivity index (χ0v) is 17.0. The summed E-state index contributed by atoms with van der Waals surface area (Å²) in [5.41, 5.74) is 0.469. The van der Waals surface area contributed by atoms with E-state index in [4.69, 9.17) is 11.0 Å². The number of aromatic nitrogens is 1. The third kappa shape index (κ3) is 3.11. The van der Waals surface area contributed by atoms with Gasteiger partial charge in [-0.15, -0.1) is 0 Å². The van der Waals surface area contributed by atoms with Gasteiger partial charge in [0.1, 0.15) is 17.4 Å². The molecule has 8 nitrogen and oxygen atoms in total. The number of hydrogen-bond acceptors (Lipinski definition) is 5. The van der Waals surface area contributed by atoms with Crippen molar-refractivity contribution in [3.8, 4) is 6.07 Å². The summed E-state index contributed by atoms with van der Waals surface area (Å²) in [6.07, 6.45) is -3.13. The Balaban J connectivity index is 1.86. The van der Waals surface area contributed by atoms with Crippen molar-refractivity contribution in [2.45, 2.75) is 37.9 Å². The normalized spacial score (nSPS) is 17.3. The highest BCUT2D eigenvalue weighted by molar-refractivity contribution is 6.31. The number of urea groups is 1. The first-order valence-electron chi connectivity index (χ1n) is 9.69. The van der Waals surface area contributed by atoms with Crippen LogP contribution in [0, 0.1) is 24.1 Å². The number of rotatable bonds is 3. The summed E-state index contributed by atoms with van der Waals surface area (Å²) >= 11 is 0. The maximum atomic E-state index is 14.7. The Hall–Kier alpha value is -4.01. The monoisotopic (exact) mass is 461 g/mol. The average molecular weight is 461 g/mol. The predicted octanol–water partition coefficient (Wildman–Crippen LogP) is 3.41. The Morgan fingerprint density at radius 3 is 2.45 bits per heavy atom. The van der Waals surface area contributed by atoms with Gasteiger partial charge in [0.15, 0.2) is 5.69 Å². The van der Waals surface area contributed by atoms with E-state index >= 15 is 0 Å². The van der Waals surface area contributed by atoms with Crippen LogP contribution in [-0.4, -0.2) is 28.4 Å². The number of pyridine rings is 1. The van der Waals surface area contributed by atoms with Crippen molar-refractivity contribution in [2.24, 2.45) is 5.73 Å². The van der Waals surface area contributed by atoms with Crippen LogP contribution in [0.5, 0.6) is 0 Å². The third-order valence-corrected chi connectivity index (χ3v) is 6.00. The van der Waals surface area contributed by atoms with E-state index in [0.717, 1.165) is 17.2 Å². The van der Waals surface area contributed by atoms with Crippen LogP contribution in [0.3, 0.4) is 0 Å². The molecule has 1 saturated carbocycles. The fourth-order valence-corrected chi connectivity index (χ4v) is 4.17. The maximum absolute atomic E-state index is 14.7. The van der Waals surface area contributed by atoms with Gasteiger partial charge in [0, 0.05) is 5.56 Å². The van der Waals surface area contributed by atoms with Crippen LogP contribution in [0.25, 0.3) is 0 Å². The van der Waals surface area contributed by atoms with E-state index < -0.39 is 57.9 Å². The van der Waals surface area contributed by atoms with Gasteiger partial charge in [0.2, 0.25) is 0 Å². The Morgan fingerprint density at radius 1 is 1.27 bits per heavy atom. The van der Waals surface area contributed by atoms with Gasteiger partial charge in [-0.1, -0.05) is 0 Å². The topological polar surface area (TPSA) is 120 Å². The molecule has 1 saturated heterocycles. The summed E-state index contributed by atoms with van der Waals surface area (Å²) in [4.78, 5) is 43.2. The fourth-order valence-electron chi connectivity index (χ4n) is 4.17. The molecule has 0 radical (unpaired) electrons. The van der Waals surface area contributed by atoms with Crippen LogP contribution in [0.2, 0.25) is 0 Å². The van der Waals surface area contributed by atoms with Gasteiger partial charge in [0.05, 0.1) is 28.7 Å². The Labute approximate surface area is 184 Å². The lowest BCUT2D eigenvalue weighted by molar-refractivity contribution is -0.138. The fraction of sp³-hybridized carbons (Fsp3) is 0.286. The number of benzene rings is 1. The highest BCUT2D eigenvalue weighted by Gasteiger charge is 2.62. The smallest absolute Gasteiger partial charge is 0.366 e. The zero-order valence-electron chi connectivity index (χ0n) is 17.0. The Morgan fingerprint density at radius 2 is 1.94 bits per heavy atom. The van der Waals surface area contributed by atoms with Crippen molar-refractivity contribution in [3.05, 3.63) is 52.6 Å². The van der Waals surface area contributed by atoms with E-state index in [2.05, 4.69) is 4.98 Å². The number of nitrogens with two attached hydrogens (primary N) is 1. The second-order valence-corrected chi connectivity index (χ2v) is 7.78. The number of amides is 4. The van der Waals surface area contributed by atoms with Crippen molar-refractivity contribution >= 4 is 29.2 Å². The minimum absolute atomic E-state index is 0.00398. The Bertz CT molecular complexity index is 1260. The number of carbonyl (C=O) groups excluding carboxylic acids is 3. The molecule has 33 heavy (non-hydrogen) atoms. The molecule has 1 aromatic heterocycles. The second kappa shape index (κ2) is 7.26. The molecule has 12 heteroatoms. The van der Waals surface area contributed by atoms with E-state index in [1.807, 2.05) is 0 Å². The maximum Gasteiger partial charge on any atom is 0.419 e. The molecule has 0 unspecified atom stereocenters. The molecule has 2 N–H and O–H groups in total. The largest absolute Gasteiger partial charge is 0.419 e. The van der Waals surface area contributed by atoms with Crippen molar-refractivity contribution in [1.29, 1.82) is 5.26 Å². The molecule has 1 spiro atoms. The summed E-state index contributed by atoms with van der Waals surface area (Å²) in [6, 6.07) is 3.21. The van der Waals surface area contributed by atoms with Crippen molar-refractivity contribution in [2.75, 3.05) is 9.80 Å². The minimum Gasteiger partial charge on any atom is -0.366 e. The summed E-state index contributed by atoms with van der Waals surface area (Å²) < 4.78 is 54.9. The van der Waals surface area contributed by atoms with Crippen LogP contribution < -0.4 is 15.5 Å². The lowest BCUT2D eigenvalue weighted by Gasteiger charge is -2.42. The predicted molar refractivity (Wildman–Crippen MR) is 106 cm³/mol. The highest BCUT2D eigenvalue weighted by Crippen LogP contribution is 2.49. The van der Waals surface area contributed by atoms with Gasteiger partial charge in [0.25, 0.3) is 11.8 Å². The number of nitriles is 1. The first-order valence-corrected chi connectivity index (χ1v) is 9.69. The van der Waals surface area contributed by atoms with Crippen molar-refractivity contribution in [3.63, 3.8) is 0 Å². The minimum atomic E-state index is -4.95. The van der Waals surface area contributed by atoms with Crippen LogP contribution in [0.1, 0.15) is 46.4 Å². The molecule has 1 aliphatic carbocycles. The van der Waals surface area contributed by atoms with Gasteiger partial charge in [-0.3, -0.25) is 14.5 Å². The van der Waals surface area contributed by atoms with Gasteiger partial charge < -0.3 is 5.73 Å². The quantitative estimate of drug-likeness (QED) is 0.555. The average Bonchev–Trinajstić information content (AvgIpc) is 2.95. The molecular formula is C21H15F4N5O3. The number of imide groups is 1. The molecule has 2 aliphatic rings. The summed E-state index contributed by atoms with van der Waals surface area (Å²) in [5.74, 6) is -2.76. The number of carbonyl (C=O) groups is 3. The summed E-state index contributed by atoms with van der Waals surface area (Å²) in [5, 5.41) is 8.94. The number of halogens is 4. The zero-order chi connectivity index (χ0) is 24.3. The molecule has 170 valence electrons. The van der Waals surface area contributed by atoms with Gasteiger partial charge >= 0.3 is 12.2 Å². The molecule has 1 aliphatic heterocycles. The second-order valence-electron chi connectivity index (χ2n) is 7.78. The summed E-state index contributed by atoms with van der Waals surface area (Å²) in [7, 11) is 0. The van der Waals surface area contributed by atoms with Gasteiger partial charge in [-0.05, 0) is 44.4 Å². The Kier molecular flexibility index (Phi) is 4.88. The lowest BCUT2D eigenvalue weighted by atomic mass is 9.75. The first kappa shape index (κ1) is 22.2. The third-order valence-electron chi connectivity index (χ3n) is 6.00. The molecular weight excluding hydrogens is 446 g/mol. The highest BCUT2D eigenvalue weighted by atomic mass is 19.4. The van der Waals surface area contributed by atoms with E-state index in [9.17, 15) is 31.9 Å². The molecule has 2 aromatic rings. The summed E-state index contributed by atoms with van der Waals surface area (Å²) in [6.45, 7) is 1.30. The van der Waals surface area contributed by atoms with Gasteiger partial charge in [-0.2, -0.15) is 18.4 Å². The molecule has 0 atom stereocenters. The SMILES string of the molecule is Cc1c(N2C(=O)N(c3cnc(C#N)c(C(F)(F)F)c3)C(=O)C23CCC3)ccc(C(N)=O)c1F. The standard InChI is InChI=1S/C21H15F4N5O3/c1-10-15(4-3-12(16(10)22)17(27)31)30-19(33)29(18(32)20(30)5-2-6-20)11-7-13(21(23,24)25)14(8-26)28-9-11/h3-4,7,9H,2,5-6H2,1H3,(H2,27,31). The number of anilines is 2. The number of alkyl halides is 3. The van der Waals surface area contributed by atoms with Crippen molar-refractivity contribution in [1.82, 2.24) is 4.98 Å². The van der Waals surface area contributed by atoms with E-state index in [0.29, 0.717) is 17.4 Å². The van der Waals surface area contributed by atoms with E-state index in [1.54, 1.807) is 0 Å². The van der Waals surface area contributed by atoms with Crippen molar-refractivity contribution < 1.29 is 31.9 Å². The van der Waals surface area contributed by atoms with Crippen LogP contribution in [0.15, 0.2) is 24.4 Å².